The number of nitrogens with one attached hydrogen (secondary N) is 1. The highest BCUT2D eigenvalue weighted by molar-refractivity contribution is 5.95. The second-order valence-corrected chi connectivity index (χ2v) is 6.20. The lowest BCUT2D eigenvalue weighted by Crippen LogP contribution is -2.27. The molecule has 0 spiro atoms. The van der Waals surface area contributed by atoms with E-state index in [9.17, 15) is 4.79 Å². The Kier molecular flexibility index (Phi) is 4.08. The maximum atomic E-state index is 12.7. The highest BCUT2D eigenvalue weighted by Crippen LogP contribution is 2.34. The van der Waals surface area contributed by atoms with E-state index in [-0.39, 0.29) is 18.7 Å². The van der Waals surface area contributed by atoms with Crippen molar-refractivity contribution in [2.24, 2.45) is 0 Å². The molecule has 4 rings (SSSR count). The molecule has 0 bridgehead atoms. The number of ether oxygens (including phenoxy) is 2. The third-order valence-corrected chi connectivity index (χ3v) is 4.50. The molecule has 6 heteroatoms. The first-order valence-corrected chi connectivity index (χ1v) is 8.44. The SMILES string of the molecule is Cc1c(C(=O)NC(C)c2ccc3c(c2)OCO3)cnn1-c1ccccc1. The summed E-state index contributed by atoms with van der Waals surface area (Å²) in [5, 5.41) is 7.37. The molecular formula is C20H19N3O3. The van der Waals surface area contributed by atoms with Gasteiger partial charge in [-0.25, -0.2) is 4.68 Å². The molecule has 1 aliphatic heterocycles. The molecular weight excluding hydrogens is 330 g/mol. The Balaban J connectivity index is 1.52. The van der Waals surface area contributed by atoms with Crippen LogP contribution in [0.3, 0.4) is 0 Å². The van der Waals surface area contributed by atoms with Gasteiger partial charge < -0.3 is 14.8 Å². The van der Waals surface area contributed by atoms with Crippen LogP contribution in [0.1, 0.15) is 34.6 Å². The lowest BCUT2D eigenvalue weighted by atomic mass is 10.1. The first kappa shape index (κ1) is 16.2. The second-order valence-electron chi connectivity index (χ2n) is 6.20. The average Bonchev–Trinajstić information content (AvgIpc) is 3.28. The van der Waals surface area contributed by atoms with Crippen LogP contribution in [0.4, 0.5) is 0 Å². The zero-order valence-corrected chi connectivity index (χ0v) is 14.6. The summed E-state index contributed by atoms with van der Waals surface area (Å²) >= 11 is 0. The summed E-state index contributed by atoms with van der Waals surface area (Å²) in [5.74, 6) is 1.28. The van der Waals surface area contributed by atoms with Crippen LogP contribution in [-0.4, -0.2) is 22.5 Å². The second kappa shape index (κ2) is 6.55. The molecule has 0 fully saturated rings. The fourth-order valence-corrected chi connectivity index (χ4v) is 3.00. The van der Waals surface area contributed by atoms with E-state index in [1.807, 2.05) is 62.4 Å². The highest BCUT2D eigenvalue weighted by Gasteiger charge is 2.20. The van der Waals surface area contributed by atoms with Crippen LogP contribution in [0.5, 0.6) is 11.5 Å². The highest BCUT2D eigenvalue weighted by atomic mass is 16.7. The first-order chi connectivity index (χ1) is 12.6. The Morgan fingerprint density at radius 2 is 1.92 bits per heavy atom. The molecule has 2 heterocycles. The van der Waals surface area contributed by atoms with Gasteiger partial charge in [-0.15, -0.1) is 0 Å². The molecule has 0 saturated heterocycles. The number of hydrogen-bond donors (Lipinski definition) is 1. The predicted molar refractivity (Wildman–Crippen MR) is 96.7 cm³/mol. The van der Waals surface area contributed by atoms with Gasteiger partial charge in [0.05, 0.1) is 29.2 Å². The standard InChI is InChI=1S/C20H19N3O3/c1-13(15-8-9-18-19(10-15)26-12-25-18)22-20(24)17-11-21-23(14(17)2)16-6-4-3-5-7-16/h3-11,13H,12H2,1-2H3,(H,22,24). The molecule has 3 aromatic rings. The number of carbonyl (C=O) groups is 1. The molecule has 0 radical (unpaired) electrons. The molecule has 0 saturated carbocycles. The zero-order valence-electron chi connectivity index (χ0n) is 14.6. The Morgan fingerprint density at radius 3 is 2.73 bits per heavy atom. The zero-order chi connectivity index (χ0) is 18.1. The summed E-state index contributed by atoms with van der Waals surface area (Å²) < 4.78 is 12.5. The van der Waals surface area contributed by atoms with Crippen molar-refractivity contribution >= 4 is 5.91 Å². The minimum absolute atomic E-state index is 0.158. The third kappa shape index (κ3) is 2.90. The molecule has 0 aliphatic carbocycles. The molecule has 1 amide bonds. The topological polar surface area (TPSA) is 65.4 Å². The smallest absolute Gasteiger partial charge is 0.255 e. The van der Waals surface area contributed by atoms with Crippen molar-refractivity contribution in [2.45, 2.75) is 19.9 Å². The van der Waals surface area contributed by atoms with Gasteiger partial charge in [0, 0.05) is 0 Å². The summed E-state index contributed by atoms with van der Waals surface area (Å²) in [6.07, 6.45) is 1.60. The number of hydrogen-bond acceptors (Lipinski definition) is 4. The Hall–Kier alpha value is -3.28. The summed E-state index contributed by atoms with van der Waals surface area (Å²) in [5.41, 5.74) is 3.23. The van der Waals surface area contributed by atoms with Gasteiger partial charge in [0.2, 0.25) is 6.79 Å². The summed E-state index contributed by atoms with van der Waals surface area (Å²) in [4.78, 5) is 12.7. The van der Waals surface area contributed by atoms with Crippen molar-refractivity contribution in [2.75, 3.05) is 6.79 Å². The van der Waals surface area contributed by atoms with Gasteiger partial charge in [-0.3, -0.25) is 4.79 Å². The number of aromatic nitrogens is 2. The van der Waals surface area contributed by atoms with Gasteiger partial charge in [0.1, 0.15) is 0 Å². The minimum atomic E-state index is -0.170. The van der Waals surface area contributed by atoms with Gasteiger partial charge in [0.15, 0.2) is 11.5 Å². The van der Waals surface area contributed by atoms with Crippen molar-refractivity contribution in [3.05, 3.63) is 71.5 Å². The van der Waals surface area contributed by atoms with Crippen molar-refractivity contribution in [3.63, 3.8) is 0 Å². The summed E-state index contributed by atoms with van der Waals surface area (Å²) in [6, 6.07) is 15.3. The normalized spacial score (nSPS) is 13.5. The monoisotopic (exact) mass is 349 g/mol. The molecule has 6 nitrogen and oxygen atoms in total. The van der Waals surface area contributed by atoms with Crippen LogP contribution in [0.25, 0.3) is 5.69 Å². The molecule has 1 N–H and O–H groups in total. The Labute approximate surface area is 151 Å². The van der Waals surface area contributed by atoms with E-state index >= 15 is 0 Å². The van der Waals surface area contributed by atoms with Gasteiger partial charge in [0.25, 0.3) is 5.91 Å². The maximum Gasteiger partial charge on any atom is 0.255 e. The number of carbonyl (C=O) groups excluding carboxylic acids is 1. The van der Waals surface area contributed by atoms with E-state index in [0.29, 0.717) is 11.3 Å². The minimum Gasteiger partial charge on any atom is -0.454 e. The van der Waals surface area contributed by atoms with Gasteiger partial charge in [-0.2, -0.15) is 5.10 Å². The van der Waals surface area contributed by atoms with E-state index in [1.165, 1.54) is 0 Å². The van der Waals surface area contributed by atoms with Crippen molar-refractivity contribution in [1.29, 1.82) is 0 Å². The van der Waals surface area contributed by atoms with Crippen LogP contribution in [0, 0.1) is 6.92 Å². The van der Waals surface area contributed by atoms with E-state index in [1.54, 1.807) is 10.9 Å². The number of fused-ring (bicyclic) bond motifs is 1. The average molecular weight is 349 g/mol. The largest absolute Gasteiger partial charge is 0.454 e. The fourth-order valence-electron chi connectivity index (χ4n) is 3.00. The predicted octanol–water partition coefficient (Wildman–Crippen LogP) is 3.40. The maximum absolute atomic E-state index is 12.7. The van der Waals surface area contributed by atoms with Crippen molar-refractivity contribution < 1.29 is 14.3 Å². The lowest BCUT2D eigenvalue weighted by Gasteiger charge is -2.15. The van der Waals surface area contributed by atoms with Crippen LogP contribution < -0.4 is 14.8 Å². The Morgan fingerprint density at radius 1 is 1.15 bits per heavy atom. The number of rotatable bonds is 4. The first-order valence-electron chi connectivity index (χ1n) is 8.44. The number of benzene rings is 2. The van der Waals surface area contributed by atoms with Crippen LogP contribution >= 0.6 is 0 Å². The van der Waals surface area contributed by atoms with E-state index < -0.39 is 0 Å². The quantitative estimate of drug-likeness (QED) is 0.784. The van der Waals surface area contributed by atoms with Gasteiger partial charge in [-0.1, -0.05) is 24.3 Å². The number of amides is 1. The molecule has 132 valence electrons. The van der Waals surface area contributed by atoms with Crippen molar-refractivity contribution in [3.8, 4) is 17.2 Å². The molecule has 1 unspecified atom stereocenters. The van der Waals surface area contributed by atoms with Gasteiger partial charge >= 0.3 is 0 Å². The molecule has 2 aromatic carbocycles. The van der Waals surface area contributed by atoms with E-state index in [2.05, 4.69) is 10.4 Å². The van der Waals surface area contributed by atoms with Crippen molar-refractivity contribution in [1.82, 2.24) is 15.1 Å². The fraction of sp³-hybridized carbons (Fsp3) is 0.200. The molecule has 1 atom stereocenters. The number of para-hydroxylation sites is 1. The molecule has 1 aromatic heterocycles. The number of nitrogens with zero attached hydrogens (tertiary/aromatic N) is 2. The molecule has 1 aliphatic rings. The van der Waals surface area contributed by atoms with Crippen LogP contribution in [0.15, 0.2) is 54.7 Å². The third-order valence-electron chi connectivity index (χ3n) is 4.50. The molecule has 26 heavy (non-hydrogen) atoms. The summed E-state index contributed by atoms with van der Waals surface area (Å²) in [6.45, 7) is 4.06. The van der Waals surface area contributed by atoms with Gasteiger partial charge in [-0.05, 0) is 43.7 Å². The van der Waals surface area contributed by atoms with E-state index in [0.717, 1.165) is 22.7 Å². The van der Waals surface area contributed by atoms with E-state index in [4.69, 9.17) is 9.47 Å². The summed E-state index contributed by atoms with van der Waals surface area (Å²) in [7, 11) is 0. The van der Waals surface area contributed by atoms with Crippen LogP contribution in [0.2, 0.25) is 0 Å². The Bertz CT molecular complexity index is 950. The lowest BCUT2D eigenvalue weighted by molar-refractivity contribution is 0.0939. The van der Waals surface area contributed by atoms with Crippen LogP contribution in [-0.2, 0) is 0 Å².